The summed E-state index contributed by atoms with van der Waals surface area (Å²) < 4.78 is 7.35. The fourth-order valence-corrected chi connectivity index (χ4v) is 3.97. The van der Waals surface area contributed by atoms with Gasteiger partial charge in [-0.05, 0) is 25.1 Å². The van der Waals surface area contributed by atoms with E-state index in [4.69, 9.17) is 4.74 Å². The molecule has 2 heterocycles. The molecule has 1 N–H and O–H groups in total. The molecule has 0 aliphatic carbocycles. The Labute approximate surface area is 178 Å². The first kappa shape index (κ1) is 19.8. The molecule has 0 fully saturated rings. The number of hydrogen-bond acceptors (Lipinski definition) is 5. The molecular weight excluding hydrogens is 398 g/mol. The number of para-hydroxylation sites is 1. The SMILES string of the molecule is Cc1ccc(NC(=O)Cc2nc(COC(=O)c3cn(C)c4ccccc34)cs2)cc1. The largest absolute Gasteiger partial charge is 0.455 e. The van der Waals surface area contributed by atoms with E-state index in [1.165, 1.54) is 11.3 Å². The van der Waals surface area contributed by atoms with Gasteiger partial charge in [0.25, 0.3) is 0 Å². The molecule has 0 saturated heterocycles. The molecule has 0 saturated carbocycles. The predicted octanol–water partition coefficient (Wildman–Crippen LogP) is 4.48. The number of benzene rings is 2. The Kier molecular flexibility index (Phi) is 5.63. The minimum atomic E-state index is -0.390. The number of hydrogen-bond donors (Lipinski definition) is 1. The van der Waals surface area contributed by atoms with Crippen LogP contribution in [0.4, 0.5) is 5.69 Å². The van der Waals surface area contributed by atoms with Gasteiger partial charge in [-0.2, -0.15) is 0 Å². The van der Waals surface area contributed by atoms with Crippen LogP contribution in [0.15, 0.2) is 60.1 Å². The lowest BCUT2D eigenvalue weighted by atomic mass is 10.2. The number of carbonyl (C=O) groups excluding carboxylic acids is 2. The lowest BCUT2D eigenvalue weighted by molar-refractivity contribution is -0.115. The van der Waals surface area contributed by atoms with Crippen LogP contribution < -0.4 is 5.32 Å². The molecule has 4 aromatic rings. The van der Waals surface area contributed by atoms with Crippen LogP contribution in [0.3, 0.4) is 0 Å². The van der Waals surface area contributed by atoms with Crippen molar-refractivity contribution in [1.82, 2.24) is 9.55 Å². The van der Waals surface area contributed by atoms with E-state index in [0.717, 1.165) is 22.2 Å². The van der Waals surface area contributed by atoms with Crippen LogP contribution in [0.25, 0.3) is 10.9 Å². The highest BCUT2D eigenvalue weighted by atomic mass is 32.1. The molecular formula is C23H21N3O3S. The summed E-state index contributed by atoms with van der Waals surface area (Å²) in [5.41, 5.74) is 4.02. The van der Waals surface area contributed by atoms with Gasteiger partial charge in [0.05, 0.1) is 17.7 Å². The van der Waals surface area contributed by atoms with Gasteiger partial charge in [0.2, 0.25) is 5.91 Å². The number of ether oxygens (including phenoxy) is 1. The summed E-state index contributed by atoms with van der Waals surface area (Å²) in [5.74, 6) is -0.522. The van der Waals surface area contributed by atoms with E-state index >= 15 is 0 Å². The first-order chi connectivity index (χ1) is 14.5. The van der Waals surface area contributed by atoms with Crippen molar-refractivity contribution >= 4 is 39.8 Å². The monoisotopic (exact) mass is 419 g/mol. The first-order valence-corrected chi connectivity index (χ1v) is 10.4. The average Bonchev–Trinajstić information content (AvgIpc) is 3.32. The number of thiazole rings is 1. The van der Waals surface area contributed by atoms with Crippen LogP contribution in [0.5, 0.6) is 0 Å². The Morgan fingerprint density at radius 1 is 1.13 bits per heavy atom. The van der Waals surface area contributed by atoms with E-state index in [1.807, 2.05) is 72.4 Å². The van der Waals surface area contributed by atoms with Gasteiger partial charge in [0.15, 0.2) is 0 Å². The number of nitrogens with one attached hydrogen (secondary N) is 1. The second kappa shape index (κ2) is 8.51. The smallest absolute Gasteiger partial charge is 0.340 e. The zero-order valence-corrected chi connectivity index (χ0v) is 17.5. The highest BCUT2D eigenvalue weighted by Gasteiger charge is 2.16. The summed E-state index contributed by atoms with van der Waals surface area (Å²) in [4.78, 5) is 29.2. The van der Waals surface area contributed by atoms with Gasteiger partial charge >= 0.3 is 5.97 Å². The molecule has 0 unspecified atom stereocenters. The van der Waals surface area contributed by atoms with Crippen molar-refractivity contribution in [2.45, 2.75) is 20.0 Å². The Morgan fingerprint density at radius 3 is 2.70 bits per heavy atom. The molecule has 0 atom stereocenters. The van der Waals surface area contributed by atoms with E-state index in [-0.39, 0.29) is 18.9 Å². The predicted molar refractivity (Wildman–Crippen MR) is 118 cm³/mol. The highest BCUT2D eigenvalue weighted by molar-refractivity contribution is 7.09. The summed E-state index contributed by atoms with van der Waals surface area (Å²) in [7, 11) is 1.90. The van der Waals surface area contributed by atoms with Gasteiger partial charge in [-0.3, -0.25) is 4.79 Å². The maximum Gasteiger partial charge on any atom is 0.340 e. The lowest BCUT2D eigenvalue weighted by Gasteiger charge is -2.04. The molecule has 1 amide bonds. The molecule has 4 rings (SSSR count). The van der Waals surface area contributed by atoms with E-state index in [0.29, 0.717) is 16.3 Å². The van der Waals surface area contributed by atoms with Crippen LogP contribution in [0, 0.1) is 6.92 Å². The van der Waals surface area contributed by atoms with Crippen molar-refractivity contribution in [3.05, 3.63) is 81.9 Å². The Morgan fingerprint density at radius 2 is 1.90 bits per heavy atom. The molecule has 6 nitrogen and oxygen atoms in total. The summed E-state index contributed by atoms with van der Waals surface area (Å²) in [6.07, 6.45) is 1.95. The van der Waals surface area contributed by atoms with E-state index in [9.17, 15) is 9.59 Å². The van der Waals surface area contributed by atoms with Crippen molar-refractivity contribution in [2.75, 3.05) is 5.32 Å². The zero-order chi connectivity index (χ0) is 21.1. The van der Waals surface area contributed by atoms with Crippen molar-refractivity contribution in [2.24, 2.45) is 7.05 Å². The Bertz CT molecular complexity index is 1210. The minimum absolute atomic E-state index is 0.0676. The maximum atomic E-state index is 12.5. The van der Waals surface area contributed by atoms with Gasteiger partial charge in [-0.25, -0.2) is 9.78 Å². The van der Waals surface area contributed by atoms with Gasteiger partial charge in [0, 0.05) is 35.2 Å². The van der Waals surface area contributed by atoms with Crippen LogP contribution in [-0.4, -0.2) is 21.4 Å². The van der Waals surface area contributed by atoms with Crippen LogP contribution in [0.1, 0.15) is 26.6 Å². The standard InChI is InChI=1S/C23H21N3O3S/c1-15-7-9-16(10-8-15)24-21(27)11-22-25-17(14-30-22)13-29-23(28)19-12-26(2)20-6-4-3-5-18(19)20/h3-10,12,14H,11,13H2,1-2H3,(H,24,27). The third-order valence-corrected chi connectivity index (χ3v) is 5.61. The normalized spacial score (nSPS) is 10.9. The molecule has 0 spiro atoms. The fraction of sp³-hybridized carbons (Fsp3) is 0.174. The number of carbonyl (C=O) groups is 2. The lowest BCUT2D eigenvalue weighted by Crippen LogP contribution is -2.14. The van der Waals surface area contributed by atoms with Gasteiger partial charge in [-0.1, -0.05) is 35.9 Å². The van der Waals surface area contributed by atoms with Crippen molar-refractivity contribution in [3.8, 4) is 0 Å². The van der Waals surface area contributed by atoms with E-state index in [2.05, 4.69) is 10.3 Å². The average molecular weight is 420 g/mol. The number of anilines is 1. The maximum absolute atomic E-state index is 12.5. The van der Waals surface area contributed by atoms with Gasteiger partial charge in [0.1, 0.15) is 11.6 Å². The number of rotatable bonds is 6. The quantitative estimate of drug-likeness (QED) is 0.468. The summed E-state index contributed by atoms with van der Waals surface area (Å²) in [6.45, 7) is 2.06. The van der Waals surface area contributed by atoms with Crippen LogP contribution in [0.2, 0.25) is 0 Å². The van der Waals surface area contributed by atoms with Gasteiger partial charge in [-0.15, -0.1) is 11.3 Å². The molecule has 30 heavy (non-hydrogen) atoms. The summed E-state index contributed by atoms with van der Waals surface area (Å²) >= 11 is 1.38. The molecule has 0 bridgehead atoms. The zero-order valence-electron chi connectivity index (χ0n) is 16.7. The number of aryl methyl sites for hydroxylation is 2. The number of esters is 1. The van der Waals surface area contributed by atoms with Crippen molar-refractivity contribution in [3.63, 3.8) is 0 Å². The summed E-state index contributed by atoms with van der Waals surface area (Å²) in [6, 6.07) is 15.3. The highest BCUT2D eigenvalue weighted by Crippen LogP contribution is 2.22. The summed E-state index contributed by atoms with van der Waals surface area (Å²) in [5, 5.41) is 6.20. The molecule has 0 aliphatic heterocycles. The molecule has 0 aliphatic rings. The van der Waals surface area contributed by atoms with Gasteiger partial charge < -0.3 is 14.6 Å². The third kappa shape index (κ3) is 4.41. The number of amides is 1. The van der Waals surface area contributed by atoms with Crippen molar-refractivity contribution in [1.29, 1.82) is 0 Å². The Balaban J connectivity index is 1.34. The molecule has 2 aromatic heterocycles. The number of fused-ring (bicyclic) bond motifs is 1. The molecule has 0 radical (unpaired) electrons. The molecule has 2 aromatic carbocycles. The molecule has 152 valence electrons. The second-order valence-electron chi connectivity index (χ2n) is 7.07. The number of nitrogens with zero attached hydrogens (tertiary/aromatic N) is 2. The third-order valence-electron chi connectivity index (χ3n) is 4.71. The first-order valence-electron chi connectivity index (χ1n) is 9.50. The van der Waals surface area contributed by atoms with Crippen molar-refractivity contribution < 1.29 is 14.3 Å². The minimum Gasteiger partial charge on any atom is -0.455 e. The van der Waals surface area contributed by atoms with Crippen LogP contribution >= 0.6 is 11.3 Å². The van der Waals surface area contributed by atoms with E-state index in [1.54, 1.807) is 6.20 Å². The number of aromatic nitrogens is 2. The van der Waals surface area contributed by atoms with E-state index < -0.39 is 5.97 Å². The Hall–Kier alpha value is -3.45. The topological polar surface area (TPSA) is 73.2 Å². The van der Waals surface area contributed by atoms with Crippen LogP contribution in [-0.2, 0) is 29.6 Å². The fourth-order valence-electron chi connectivity index (χ4n) is 3.20. The molecule has 7 heteroatoms. The second-order valence-corrected chi connectivity index (χ2v) is 8.01.